The molecule has 0 N–H and O–H groups in total. The van der Waals surface area contributed by atoms with Crippen molar-refractivity contribution in [2.24, 2.45) is 0 Å². The van der Waals surface area contributed by atoms with Crippen molar-refractivity contribution in [3.05, 3.63) is 22.6 Å². The van der Waals surface area contributed by atoms with Crippen LogP contribution in [0.3, 0.4) is 0 Å². The van der Waals surface area contributed by atoms with Crippen molar-refractivity contribution in [1.29, 1.82) is 0 Å². The van der Waals surface area contributed by atoms with E-state index >= 15 is 0 Å². The molecule has 1 aliphatic rings. The van der Waals surface area contributed by atoms with Gasteiger partial charge in [0.1, 0.15) is 23.9 Å². The Labute approximate surface area is 101 Å². The van der Waals surface area contributed by atoms with Crippen LogP contribution in [0.4, 0.5) is 0 Å². The topological polar surface area (TPSA) is 44.2 Å². The standard InChI is InChI=1S/C10H6Cl2N2O2/c11-9-5-1-2-6-8(16-4-3-15-6)7(5)13-10(12)14-9/h1-2H,3-4H2. The van der Waals surface area contributed by atoms with Gasteiger partial charge in [-0.05, 0) is 23.7 Å². The first-order valence-corrected chi connectivity index (χ1v) is 5.42. The fourth-order valence-corrected chi connectivity index (χ4v) is 2.08. The summed E-state index contributed by atoms with van der Waals surface area (Å²) in [4.78, 5) is 7.99. The summed E-state index contributed by atoms with van der Waals surface area (Å²) in [7, 11) is 0. The van der Waals surface area contributed by atoms with Gasteiger partial charge in [-0.3, -0.25) is 0 Å². The van der Waals surface area contributed by atoms with Crippen LogP contribution in [0.5, 0.6) is 11.5 Å². The molecule has 0 bridgehead atoms. The zero-order valence-corrected chi connectivity index (χ0v) is 9.55. The lowest BCUT2D eigenvalue weighted by atomic mass is 10.2. The quantitative estimate of drug-likeness (QED) is 0.537. The average molecular weight is 257 g/mol. The van der Waals surface area contributed by atoms with Gasteiger partial charge in [-0.2, -0.15) is 0 Å². The predicted octanol–water partition coefficient (Wildman–Crippen LogP) is 2.71. The van der Waals surface area contributed by atoms with Crippen molar-refractivity contribution >= 4 is 34.1 Å². The number of halogens is 2. The molecule has 0 spiro atoms. The van der Waals surface area contributed by atoms with Crippen LogP contribution in [-0.2, 0) is 0 Å². The fraction of sp³-hybridized carbons (Fsp3) is 0.200. The van der Waals surface area contributed by atoms with E-state index in [1.807, 2.05) is 0 Å². The van der Waals surface area contributed by atoms with Crippen molar-refractivity contribution < 1.29 is 9.47 Å². The van der Waals surface area contributed by atoms with Crippen LogP contribution in [0.2, 0.25) is 10.4 Å². The number of nitrogens with zero attached hydrogens (tertiary/aromatic N) is 2. The summed E-state index contributed by atoms with van der Waals surface area (Å²) >= 11 is 11.7. The lowest BCUT2D eigenvalue weighted by Gasteiger charge is -2.19. The molecule has 0 unspecified atom stereocenters. The number of rotatable bonds is 0. The first-order valence-electron chi connectivity index (χ1n) is 4.67. The van der Waals surface area contributed by atoms with Gasteiger partial charge in [-0.25, -0.2) is 9.97 Å². The van der Waals surface area contributed by atoms with Crippen molar-refractivity contribution in [3.63, 3.8) is 0 Å². The van der Waals surface area contributed by atoms with E-state index in [-0.39, 0.29) is 5.28 Å². The van der Waals surface area contributed by atoms with Crippen molar-refractivity contribution in [1.82, 2.24) is 9.97 Å². The smallest absolute Gasteiger partial charge is 0.224 e. The molecule has 0 saturated heterocycles. The number of fused-ring (bicyclic) bond motifs is 3. The molecule has 1 aromatic carbocycles. The number of aromatic nitrogens is 2. The van der Waals surface area contributed by atoms with Crippen molar-refractivity contribution in [2.45, 2.75) is 0 Å². The molecule has 0 aliphatic carbocycles. The Morgan fingerprint density at radius 1 is 1.06 bits per heavy atom. The minimum absolute atomic E-state index is 0.0973. The average Bonchev–Trinajstić information content (AvgIpc) is 2.28. The minimum Gasteiger partial charge on any atom is -0.486 e. The van der Waals surface area contributed by atoms with Gasteiger partial charge in [0.15, 0.2) is 11.5 Å². The van der Waals surface area contributed by atoms with E-state index in [1.165, 1.54) is 0 Å². The number of hydrogen-bond donors (Lipinski definition) is 0. The van der Waals surface area contributed by atoms with Gasteiger partial charge in [0.25, 0.3) is 0 Å². The Bertz CT molecular complexity index is 574. The van der Waals surface area contributed by atoms with Gasteiger partial charge in [0.05, 0.1) is 0 Å². The second-order valence-corrected chi connectivity index (χ2v) is 3.97. The van der Waals surface area contributed by atoms with E-state index in [0.29, 0.717) is 40.8 Å². The van der Waals surface area contributed by atoms with Gasteiger partial charge in [-0.15, -0.1) is 0 Å². The monoisotopic (exact) mass is 256 g/mol. The van der Waals surface area contributed by atoms with Crippen molar-refractivity contribution in [2.75, 3.05) is 13.2 Å². The molecule has 16 heavy (non-hydrogen) atoms. The van der Waals surface area contributed by atoms with Gasteiger partial charge in [0, 0.05) is 5.39 Å². The lowest BCUT2D eigenvalue weighted by Crippen LogP contribution is -2.15. The summed E-state index contributed by atoms with van der Waals surface area (Å²) < 4.78 is 11.0. The molecular weight excluding hydrogens is 251 g/mol. The second kappa shape index (κ2) is 3.64. The molecule has 0 fully saturated rings. The van der Waals surface area contributed by atoms with Crippen LogP contribution in [0.15, 0.2) is 12.1 Å². The van der Waals surface area contributed by atoms with Gasteiger partial charge in [0.2, 0.25) is 5.28 Å². The molecule has 0 amide bonds. The van der Waals surface area contributed by atoms with Gasteiger partial charge in [-0.1, -0.05) is 11.6 Å². The van der Waals surface area contributed by atoms with Crippen LogP contribution in [0.25, 0.3) is 10.9 Å². The lowest BCUT2D eigenvalue weighted by molar-refractivity contribution is 0.173. The number of ether oxygens (including phenoxy) is 2. The van der Waals surface area contributed by atoms with Crippen LogP contribution < -0.4 is 9.47 Å². The molecular formula is C10H6Cl2N2O2. The largest absolute Gasteiger partial charge is 0.486 e. The summed E-state index contributed by atoms with van der Waals surface area (Å²) in [5, 5.41) is 1.11. The van der Waals surface area contributed by atoms with Gasteiger partial charge >= 0.3 is 0 Å². The molecule has 4 nitrogen and oxygen atoms in total. The molecule has 1 aromatic heterocycles. The normalized spacial score (nSPS) is 14.1. The number of hydrogen-bond acceptors (Lipinski definition) is 4. The van der Waals surface area contributed by atoms with E-state index in [9.17, 15) is 0 Å². The summed E-state index contributed by atoms with van der Waals surface area (Å²) in [6, 6.07) is 3.58. The predicted molar refractivity (Wildman–Crippen MR) is 60.5 cm³/mol. The highest BCUT2D eigenvalue weighted by Crippen LogP contribution is 2.38. The third kappa shape index (κ3) is 1.45. The third-order valence-corrected chi connectivity index (χ3v) is 2.76. The van der Waals surface area contributed by atoms with E-state index in [0.717, 1.165) is 0 Å². The summed E-state index contributed by atoms with van der Waals surface area (Å²) in [5.41, 5.74) is 0.585. The summed E-state index contributed by atoms with van der Waals surface area (Å²) in [5.74, 6) is 1.24. The summed E-state index contributed by atoms with van der Waals surface area (Å²) in [6.45, 7) is 1.02. The molecule has 82 valence electrons. The highest BCUT2D eigenvalue weighted by molar-refractivity contribution is 6.35. The van der Waals surface area contributed by atoms with Crippen LogP contribution >= 0.6 is 23.2 Å². The first kappa shape index (κ1) is 9.93. The molecule has 1 aliphatic heterocycles. The Morgan fingerprint density at radius 2 is 1.88 bits per heavy atom. The number of benzene rings is 1. The molecule has 0 saturated carbocycles. The van der Waals surface area contributed by atoms with Crippen molar-refractivity contribution in [3.8, 4) is 11.5 Å². The van der Waals surface area contributed by atoms with E-state index in [2.05, 4.69) is 9.97 Å². The van der Waals surface area contributed by atoms with Crippen LogP contribution in [0, 0.1) is 0 Å². The van der Waals surface area contributed by atoms with E-state index < -0.39 is 0 Å². The SMILES string of the molecule is Clc1nc(Cl)c2ccc3c(c2n1)OCCO3. The maximum absolute atomic E-state index is 5.97. The Balaban J connectivity index is 2.38. The zero-order chi connectivity index (χ0) is 11.1. The van der Waals surface area contributed by atoms with Crippen LogP contribution in [0.1, 0.15) is 0 Å². The third-order valence-electron chi connectivity index (χ3n) is 2.30. The fourth-order valence-electron chi connectivity index (χ4n) is 1.64. The van der Waals surface area contributed by atoms with E-state index in [1.54, 1.807) is 12.1 Å². The first-order chi connectivity index (χ1) is 7.75. The highest BCUT2D eigenvalue weighted by atomic mass is 35.5. The molecule has 2 aromatic rings. The molecule has 6 heteroatoms. The molecule has 0 atom stereocenters. The minimum atomic E-state index is 0.0973. The van der Waals surface area contributed by atoms with Gasteiger partial charge < -0.3 is 9.47 Å². The highest BCUT2D eigenvalue weighted by Gasteiger charge is 2.18. The van der Waals surface area contributed by atoms with E-state index in [4.69, 9.17) is 32.7 Å². The Kier molecular flexibility index (Phi) is 2.26. The van der Waals surface area contributed by atoms with Crippen LogP contribution in [-0.4, -0.2) is 23.2 Å². The summed E-state index contributed by atoms with van der Waals surface area (Å²) in [6.07, 6.45) is 0. The molecule has 0 radical (unpaired) electrons. The molecule has 2 heterocycles. The second-order valence-electron chi connectivity index (χ2n) is 3.27. The Morgan fingerprint density at radius 3 is 2.75 bits per heavy atom. The maximum atomic E-state index is 5.97. The molecule has 3 rings (SSSR count). The maximum Gasteiger partial charge on any atom is 0.224 e. The zero-order valence-electron chi connectivity index (χ0n) is 8.04. The Hall–Kier alpha value is -1.26.